The van der Waals surface area contributed by atoms with Crippen LogP contribution in [0.1, 0.15) is 36.7 Å². The molecule has 0 N–H and O–H groups in total. The lowest BCUT2D eigenvalue weighted by atomic mass is 10.1. The van der Waals surface area contributed by atoms with Gasteiger partial charge in [-0.2, -0.15) is 0 Å². The third-order valence-electron chi connectivity index (χ3n) is 5.46. The Bertz CT molecular complexity index is 968. The van der Waals surface area contributed by atoms with Crippen LogP contribution in [0.15, 0.2) is 45.3 Å². The van der Waals surface area contributed by atoms with Crippen molar-refractivity contribution < 1.29 is 18.7 Å². The van der Waals surface area contributed by atoms with Crippen molar-refractivity contribution in [3.8, 4) is 5.75 Å². The van der Waals surface area contributed by atoms with Crippen molar-refractivity contribution >= 4 is 43.6 Å². The summed E-state index contributed by atoms with van der Waals surface area (Å²) >= 11 is 6.78. The zero-order valence-corrected chi connectivity index (χ0v) is 20.9. The first-order valence-electron chi connectivity index (χ1n) is 10.1. The lowest BCUT2D eigenvalue weighted by Gasteiger charge is -2.44. The zero-order valence-electron chi connectivity index (χ0n) is 17.7. The second-order valence-corrected chi connectivity index (χ2v) is 9.68. The Kier molecular flexibility index (Phi) is 7.88. The maximum absolute atomic E-state index is 13.2. The molecule has 0 spiro atoms. The fraction of sp³-hybridized carbons (Fsp3) is 0.391. The number of hydrogen-bond donors (Lipinski definition) is 0. The summed E-state index contributed by atoms with van der Waals surface area (Å²) in [5, 5.41) is 0. The summed E-state index contributed by atoms with van der Waals surface area (Å²) in [6.45, 7) is 7.41. The average molecular weight is 556 g/mol. The third kappa shape index (κ3) is 5.93. The monoisotopic (exact) mass is 554 g/mol. The Hall–Kier alpha value is -1.77. The summed E-state index contributed by atoms with van der Waals surface area (Å²) in [5.74, 6) is -0.128. The average Bonchev–Trinajstić information content (AvgIpc) is 2.70. The first-order valence-corrected chi connectivity index (χ1v) is 11.6. The van der Waals surface area contributed by atoms with E-state index in [1.54, 1.807) is 24.3 Å². The fourth-order valence-electron chi connectivity index (χ4n) is 3.78. The van der Waals surface area contributed by atoms with E-state index in [1.165, 1.54) is 19.1 Å². The molecule has 1 aliphatic rings. The SMILES string of the molecule is CC(=O)c1cc(Br)cc(Br)c1OCC(=O)N1CC(C)N(Cc2ccc(F)cc2)CC1C. The Balaban J connectivity index is 1.63. The summed E-state index contributed by atoms with van der Waals surface area (Å²) in [4.78, 5) is 29.0. The topological polar surface area (TPSA) is 49.9 Å². The van der Waals surface area contributed by atoms with Crippen molar-refractivity contribution in [3.63, 3.8) is 0 Å². The smallest absolute Gasteiger partial charge is 0.260 e. The van der Waals surface area contributed by atoms with Crippen LogP contribution in [-0.4, -0.2) is 53.3 Å². The van der Waals surface area contributed by atoms with E-state index >= 15 is 0 Å². The fourth-order valence-corrected chi connectivity index (χ4v) is 5.12. The number of halogens is 3. The minimum atomic E-state index is -0.245. The second kappa shape index (κ2) is 10.2. The highest BCUT2D eigenvalue weighted by Crippen LogP contribution is 2.33. The van der Waals surface area contributed by atoms with Gasteiger partial charge in [0.2, 0.25) is 0 Å². The number of benzene rings is 2. The number of carbonyl (C=O) groups excluding carboxylic acids is 2. The van der Waals surface area contributed by atoms with Crippen molar-refractivity contribution in [1.29, 1.82) is 0 Å². The molecule has 2 unspecified atom stereocenters. The van der Waals surface area contributed by atoms with Crippen LogP contribution >= 0.6 is 31.9 Å². The van der Waals surface area contributed by atoms with Crippen molar-refractivity contribution in [2.75, 3.05) is 19.7 Å². The predicted molar refractivity (Wildman–Crippen MR) is 125 cm³/mol. The molecule has 0 aromatic heterocycles. The standard InChI is InChI=1S/C23H25Br2FN2O3/c1-14-11-28(15(2)10-27(14)12-17-4-6-19(26)7-5-17)22(30)13-31-23-20(16(3)29)8-18(24)9-21(23)25/h4-9,14-15H,10-13H2,1-3H3. The molecular weight excluding hydrogens is 531 g/mol. The third-order valence-corrected chi connectivity index (χ3v) is 6.51. The number of ether oxygens (including phenoxy) is 1. The molecule has 1 heterocycles. The molecule has 166 valence electrons. The van der Waals surface area contributed by atoms with Gasteiger partial charge in [0, 0.05) is 36.2 Å². The molecule has 1 saturated heterocycles. The first-order chi connectivity index (χ1) is 14.7. The zero-order chi connectivity index (χ0) is 22.7. The van der Waals surface area contributed by atoms with Crippen molar-refractivity contribution in [2.45, 2.75) is 39.4 Å². The van der Waals surface area contributed by atoms with Crippen LogP contribution in [0.25, 0.3) is 0 Å². The van der Waals surface area contributed by atoms with Crippen LogP contribution in [-0.2, 0) is 11.3 Å². The van der Waals surface area contributed by atoms with E-state index in [9.17, 15) is 14.0 Å². The summed E-state index contributed by atoms with van der Waals surface area (Å²) < 4.78 is 20.3. The predicted octanol–water partition coefficient (Wildman–Crippen LogP) is 5.05. The minimum absolute atomic E-state index is 0.00776. The van der Waals surface area contributed by atoms with Gasteiger partial charge in [-0.05, 0) is 66.5 Å². The van der Waals surface area contributed by atoms with E-state index in [-0.39, 0.29) is 36.2 Å². The van der Waals surface area contributed by atoms with Crippen molar-refractivity contribution in [2.24, 2.45) is 0 Å². The Morgan fingerprint density at radius 2 is 1.77 bits per heavy atom. The van der Waals surface area contributed by atoms with Gasteiger partial charge in [-0.15, -0.1) is 0 Å². The van der Waals surface area contributed by atoms with Gasteiger partial charge in [-0.1, -0.05) is 28.1 Å². The molecule has 0 saturated carbocycles. The molecule has 5 nitrogen and oxygen atoms in total. The van der Waals surface area contributed by atoms with Crippen molar-refractivity contribution in [3.05, 3.63) is 62.3 Å². The molecule has 0 radical (unpaired) electrons. The minimum Gasteiger partial charge on any atom is -0.482 e. The van der Waals surface area contributed by atoms with Gasteiger partial charge >= 0.3 is 0 Å². The molecule has 1 fully saturated rings. The lowest BCUT2D eigenvalue weighted by Crippen LogP contribution is -2.58. The number of nitrogens with zero attached hydrogens (tertiary/aromatic N) is 2. The molecule has 2 aromatic carbocycles. The van der Waals surface area contributed by atoms with E-state index in [0.29, 0.717) is 35.4 Å². The molecule has 31 heavy (non-hydrogen) atoms. The molecule has 1 aliphatic heterocycles. The first kappa shape index (κ1) is 23.9. The summed E-state index contributed by atoms with van der Waals surface area (Å²) in [5.41, 5.74) is 1.46. The second-order valence-electron chi connectivity index (χ2n) is 7.91. The quantitative estimate of drug-likeness (QED) is 0.468. The molecule has 0 aliphatic carbocycles. The van der Waals surface area contributed by atoms with Gasteiger partial charge < -0.3 is 9.64 Å². The highest BCUT2D eigenvalue weighted by molar-refractivity contribution is 9.11. The Morgan fingerprint density at radius 1 is 1.10 bits per heavy atom. The largest absolute Gasteiger partial charge is 0.482 e. The highest BCUT2D eigenvalue weighted by Gasteiger charge is 2.32. The van der Waals surface area contributed by atoms with Gasteiger partial charge in [-0.25, -0.2) is 4.39 Å². The maximum Gasteiger partial charge on any atom is 0.260 e. The number of carbonyl (C=O) groups is 2. The summed E-state index contributed by atoms with van der Waals surface area (Å²) in [6.07, 6.45) is 0. The van der Waals surface area contributed by atoms with Crippen LogP contribution in [0.4, 0.5) is 4.39 Å². The van der Waals surface area contributed by atoms with Gasteiger partial charge in [0.25, 0.3) is 5.91 Å². The lowest BCUT2D eigenvalue weighted by molar-refractivity contribution is -0.139. The van der Waals surface area contributed by atoms with Gasteiger partial charge in [0.05, 0.1) is 10.0 Å². The number of piperazine rings is 1. The molecule has 8 heteroatoms. The highest BCUT2D eigenvalue weighted by atomic mass is 79.9. The Labute approximate surface area is 198 Å². The number of ketones is 1. The molecule has 3 rings (SSSR count). The van der Waals surface area contributed by atoms with Crippen LogP contribution < -0.4 is 4.74 Å². The maximum atomic E-state index is 13.2. The van der Waals surface area contributed by atoms with Gasteiger partial charge in [0.15, 0.2) is 12.4 Å². The summed E-state index contributed by atoms with van der Waals surface area (Å²) in [6, 6.07) is 10.1. The van der Waals surface area contributed by atoms with Crippen LogP contribution in [0.5, 0.6) is 5.75 Å². The molecule has 1 amide bonds. The van der Waals surface area contributed by atoms with Gasteiger partial charge in [0.1, 0.15) is 11.6 Å². The van der Waals surface area contributed by atoms with E-state index in [0.717, 1.165) is 10.0 Å². The van der Waals surface area contributed by atoms with E-state index in [4.69, 9.17) is 4.74 Å². The van der Waals surface area contributed by atoms with Crippen molar-refractivity contribution in [1.82, 2.24) is 9.80 Å². The molecule has 0 bridgehead atoms. The number of amides is 1. The van der Waals surface area contributed by atoms with E-state index in [1.807, 2.05) is 11.8 Å². The summed E-state index contributed by atoms with van der Waals surface area (Å²) in [7, 11) is 0. The Morgan fingerprint density at radius 3 is 2.42 bits per heavy atom. The number of Topliss-reactive ketones (excluding diaryl/α,β-unsaturated/α-hetero) is 1. The molecule has 2 atom stereocenters. The normalized spacial score (nSPS) is 19.4. The molecule has 2 aromatic rings. The van der Waals surface area contributed by atoms with E-state index < -0.39 is 0 Å². The van der Waals surface area contributed by atoms with Crippen LogP contribution in [0, 0.1) is 5.82 Å². The molecular formula is C23H25Br2FN2O3. The van der Waals surface area contributed by atoms with Gasteiger partial charge in [-0.3, -0.25) is 14.5 Å². The number of rotatable bonds is 6. The number of hydrogen-bond acceptors (Lipinski definition) is 4. The van der Waals surface area contributed by atoms with Crippen LogP contribution in [0.2, 0.25) is 0 Å². The van der Waals surface area contributed by atoms with Crippen LogP contribution in [0.3, 0.4) is 0 Å². The van der Waals surface area contributed by atoms with E-state index in [2.05, 4.69) is 43.7 Å².